The Morgan fingerprint density at radius 3 is 3.00 bits per heavy atom. The molecule has 0 saturated heterocycles. The van der Waals surface area contributed by atoms with Crippen LogP contribution < -0.4 is 5.73 Å². The van der Waals surface area contributed by atoms with Gasteiger partial charge in [-0.1, -0.05) is 36.2 Å². The maximum Gasteiger partial charge on any atom is 0.0720 e. The summed E-state index contributed by atoms with van der Waals surface area (Å²) in [4.78, 5) is 0. The van der Waals surface area contributed by atoms with E-state index < -0.39 is 0 Å². The standard InChI is InChI=1S/C14H21NO/c1-11-4-2-5-12(8-11)10-16-14-7-3-6-13(14)9-15/h2,4-5,8,13-14H,3,6-7,9-10,15H2,1H3. The number of nitrogens with two attached hydrogens (primary N) is 1. The third-order valence-electron chi connectivity index (χ3n) is 3.44. The topological polar surface area (TPSA) is 35.2 Å². The van der Waals surface area contributed by atoms with Gasteiger partial charge in [0.2, 0.25) is 0 Å². The summed E-state index contributed by atoms with van der Waals surface area (Å²) < 4.78 is 5.97. The van der Waals surface area contributed by atoms with Crippen molar-refractivity contribution in [1.82, 2.24) is 0 Å². The molecule has 0 heterocycles. The SMILES string of the molecule is Cc1cccc(COC2CCCC2CN)c1. The molecular formula is C14H21NO. The number of benzene rings is 1. The normalized spacial score (nSPS) is 24.9. The highest BCUT2D eigenvalue weighted by Gasteiger charge is 2.26. The van der Waals surface area contributed by atoms with E-state index in [-0.39, 0.29) is 0 Å². The average Bonchev–Trinajstić information content (AvgIpc) is 2.74. The maximum atomic E-state index is 5.97. The largest absolute Gasteiger partial charge is 0.373 e. The summed E-state index contributed by atoms with van der Waals surface area (Å²) in [5.74, 6) is 0.574. The Kier molecular flexibility index (Phi) is 3.97. The minimum Gasteiger partial charge on any atom is -0.373 e. The first kappa shape index (κ1) is 11.6. The third-order valence-corrected chi connectivity index (χ3v) is 3.44. The molecule has 88 valence electrons. The molecule has 2 unspecified atom stereocenters. The minimum absolute atomic E-state index is 0.380. The zero-order chi connectivity index (χ0) is 11.4. The van der Waals surface area contributed by atoms with E-state index in [1.54, 1.807) is 0 Å². The van der Waals surface area contributed by atoms with E-state index in [1.807, 2.05) is 0 Å². The van der Waals surface area contributed by atoms with E-state index in [0.717, 1.165) is 13.2 Å². The van der Waals surface area contributed by atoms with Crippen LogP contribution in [0.1, 0.15) is 30.4 Å². The molecule has 0 amide bonds. The van der Waals surface area contributed by atoms with Crippen LogP contribution >= 0.6 is 0 Å². The van der Waals surface area contributed by atoms with Crippen molar-refractivity contribution in [1.29, 1.82) is 0 Å². The van der Waals surface area contributed by atoms with E-state index in [0.29, 0.717) is 12.0 Å². The van der Waals surface area contributed by atoms with Crippen LogP contribution in [0.15, 0.2) is 24.3 Å². The van der Waals surface area contributed by atoms with Crippen LogP contribution in [0.3, 0.4) is 0 Å². The van der Waals surface area contributed by atoms with Gasteiger partial charge in [0.05, 0.1) is 12.7 Å². The van der Waals surface area contributed by atoms with Crippen LogP contribution in [0.25, 0.3) is 0 Å². The fraction of sp³-hybridized carbons (Fsp3) is 0.571. The fourth-order valence-corrected chi connectivity index (χ4v) is 2.50. The zero-order valence-electron chi connectivity index (χ0n) is 9.99. The Morgan fingerprint density at radius 2 is 2.25 bits per heavy atom. The molecule has 2 atom stereocenters. The van der Waals surface area contributed by atoms with Crippen molar-refractivity contribution in [2.45, 2.75) is 38.9 Å². The predicted molar refractivity (Wildman–Crippen MR) is 66.2 cm³/mol. The lowest BCUT2D eigenvalue weighted by molar-refractivity contribution is 0.0182. The molecule has 1 saturated carbocycles. The summed E-state index contributed by atoms with van der Waals surface area (Å²) in [6.45, 7) is 3.60. The van der Waals surface area contributed by atoms with Crippen LogP contribution in [0.5, 0.6) is 0 Å². The second-order valence-corrected chi connectivity index (χ2v) is 4.77. The summed E-state index contributed by atoms with van der Waals surface area (Å²) >= 11 is 0. The number of hydrogen-bond acceptors (Lipinski definition) is 2. The van der Waals surface area contributed by atoms with Gasteiger partial charge in [0.25, 0.3) is 0 Å². The first-order valence-corrected chi connectivity index (χ1v) is 6.17. The number of ether oxygens (including phenoxy) is 1. The highest BCUT2D eigenvalue weighted by molar-refractivity contribution is 5.21. The molecule has 0 bridgehead atoms. The second kappa shape index (κ2) is 5.46. The highest BCUT2D eigenvalue weighted by atomic mass is 16.5. The lowest BCUT2D eigenvalue weighted by Crippen LogP contribution is -2.25. The zero-order valence-corrected chi connectivity index (χ0v) is 9.99. The van der Waals surface area contributed by atoms with Gasteiger partial charge in [0, 0.05) is 0 Å². The Morgan fingerprint density at radius 1 is 1.38 bits per heavy atom. The van der Waals surface area contributed by atoms with Crippen LogP contribution in [0.2, 0.25) is 0 Å². The summed E-state index contributed by atoms with van der Waals surface area (Å²) in [5.41, 5.74) is 8.30. The van der Waals surface area contributed by atoms with Gasteiger partial charge in [-0.15, -0.1) is 0 Å². The van der Waals surface area contributed by atoms with Gasteiger partial charge in [-0.25, -0.2) is 0 Å². The van der Waals surface area contributed by atoms with Crippen molar-refractivity contribution in [3.8, 4) is 0 Å². The second-order valence-electron chi connectivity index (χ2n) is 4.77. The Hall–Kier alpha value is -0.860. The smallest absolute Gasteiger partial charge is 0.0720 e. The van der Waals surface area contributed by atoms with Crippen LogP contribution in [0, 0.1) is 12.8 Å². The van der Waals surface area contributed by atoms with Crippen molar-refractivity contribution in [2.24, 2.45) is 11.7 Å². The van der Waals surface area contributed by atoms with E-state index in [2.05, 4.69) is 31.2 Å². The molecule has 16 heavy (non-hydrogen) atoms. The molecule has 1 aliphatic rings. The van der Waals surface area contributed by atoms with Crippen LogP contribution in [-0.2, 0) is 11.3 Å². The molecule has 1 aliphatic carbocycles. The molecular weight excluding hydrogens is 198 g/mol. The Labute approximate surface area is 97.8 Å². The first-order valence-electron chi connectivity index (χ1n) is 6.17. The van der Waals surface area contributed by atoms with Gasteiger partial charge in [0.15, 0.2) is 0 Å². The molecule has 1 aromatic rings. The lowest BCUT2D eigenvalue weighted by Gasteiger charge is -2.18. The number of rotatable bonds is 4. The molecule has 0 spiro atoms. The van der Waals surface area contributed by atoms with Crippen molar-refractivity contribution in [3.05, 3.63) is 35.4 Å². The predicted octanol–water partition coefficient (Wildman–Crippen LogP) is 2.64. The Bertz CT molecular complexity index is 337. The minimum atomic E-state index is 0.380. The van der Waals surface area contributed by atoms with Gasteiger partial charge in [0.1, 0.15) is 0 Å². The van der Waals surface area contributed by atoms with Gasteiger partial charge in [-0.3, -0.25) is 0 Å². The van der Waals surface area contributed by atoms with Crippen molar-refractivity contribution in [2.75, 3.05) is 6.54 Å². The lowest BCUT2D eigenvalue weighted by atomic mass is 10.1. The number of aryl methyl sites for hydroxylation is 1. The summed E-state index contributed by atoms with van der Waals surface area (Å²) in [6.07, 6.45) is 4.05. The summed E-state index contributed by atoms with van der Waals surface area (Å²) in [7, 11) is 0. The first-order chi connectivity index (χ1) is 7.79. The van der Waals surface area contributed by atoms with Crippen molar-refractivity contribution < 1.29 is 4.74 Å². The highest BCUT2D eigenvalue weighted by Crippen LogP contribution is 2.28. The summed E-state index contributed by atoms with van der Waals surface area (Å²) in [5, 5.41) is 0. The van der Waals surface area contributed by atoms with Gasteiger partial charge in [-0.05, 0) is 37.8 Å². The molecule has 1 aromatic carbocycles. The monoisotopic (exact) mass is 219 g/mol. The van der Waals surface area contributed by atoms with Crippen LogP contribution in [0.4, 0.5) is 0 Å². The van der Waals surface area contributed by atoms with E-state index in [1.165, 1.54) is 30.4 Å². The fourth-order valence-electron chi connectivity index (χ4n) is 2.50. The molecule has 2 heteroatoms. The van der Waals surface area contributed by atoms with Crippen LogP contribution in [-0.4, -0.2) is 12.6 Å². The van der Waals surface area contributed by atoms with Crippen molar-refractivity contribution >= 4 is 0 Å². The maximum absolute atomic E-state index is 5.97. The molecule has 2 nitrogen and oxygen atoms in total. The quantitative estimate of drug-likeness (QED) is 0.845. The van der Waals surface area contributed by atoms with E-state index >= 15 is 0 Å². The molecule has 0 radical (unpaired) electrons. The van der Waals surface area contributed by atoms with Gasteiger partial charge in [-0.2, -0.15) is 0 Å². The van der Waals surface area contributed by atoms with E-state index in [9.17, 15) is 0 Å². The van der Waals surface area contributed by atoms with Crippen molar-refractivity contribution in [3.63, 3.8) is 0 Å². The molecule has 0 aromatic heterocycles. The number of hydrogen-bond donors (Lipinski definition) is 1. The average molecular weight is 219 g/mol. The van der Waals surface area contributed by atoms with E-state index in [4.69, 9.17) is 10.5 Å². The van der Waals surface area contributed by atoms with Gasteiger partial charge < -0.3 is 10.5 Å². The molecule has 1 fully saturated rings. The molecule has 0 aliphatic heterocycles. The van der Waals surface area contributed by atoms with Gasteiger partial charge >= 0.3 is 0 Å². The third kappa shape index (κ3) is 2.83. The Balaban J connectivity index is 1.87. The summed E-state index contributed by atoms with van der Waals surface area (Å²) in [6, 6.07) is 8.51. The molecule has 2 rings (SSSR count). The molecule has 2 N–H and O–H groups in total.